The fraction of sp³-hybridized carbons (Fsp3) is 1.00. The molecule has 1 fully saturated rings. The average Bonchev–Trinajstić information content (AvgIpc) is 2.10. The predicted octanol–water partition coefficient (Wildman–Crippen LogP) is 2.92. The third-order valence-corrected chi connectivity index (χ3v) is 4.12. The second-order valence-corrected chi connectivity index (χ2v) is 6.24. The summed E-state index contributed by atoms with van der Waals surface area (Å²) < 4.78 is 5.19. The molecule has 0 spiro atoms. The highest BCUT2D eigenvalue weighted by Crippen LogP contribution is 2.41. The summed E-state index contributed by atoms with van der Waals surface area (Å²) in [6, 6.07) is 0. The number of hydrogen-bond acceptors (Lipinski definition) is 2. The lowest BCUT2D eigenvalue weighted by Crippen LogP contribution is -2.58. The van der Waals surface area contributed by atoms with Crippen LogP contribution in [-0.2, 0) is 4.74 Å². The van der Waals surface area contributed by atoms with Crippen LogP contribution < -0.4 is 0 Å². The fourth-order valence-corrected chi connectivity index (χ4v) is 3.07. The molecule has 0 aromatic rings. The average molecular weight is 213 g/mol. The van der Waals surface area contributed by atoms with Crippen molar-refractivity contribution in [3.63, 3.8) is 0 Å². The molecule has 0 aromatic carbocycles. The number of piperidine rings is 1. The highest BCUT2D eigenvalue weighted by Gasteiger charge is 2.42. The van der Waals surface area contributed by atoms with Gasteiger partial charge in [0.25, 0.3) is 0 Å². The van der Waals surface area contributed by atoms with E-state index in [1.54, 1.807) is 7.11 Å². The van der Waals surface area contributed by atoms with E-state index in [0.717, 1.165) is 12.5 Å². The molecule has 1 heterocycles. The third-order valence-electron chi connectivity index (χ3n) is 4.12. The van der Waals surface area contributed by atoms with E-state index in [4.69, 9.17) is 4.74 Å². The Bertz CT molecular complexity index is 193. The molecule has 0 bridgehead atoms. The summed E-state index contributed by atoms with van der Waals surface area (Å²) in [7, 11) is 4.05. The Balaban J connectivity index is 2.66. The normalized spacial score (nSPS) is 26.8. The van der Waals surface area contributed by atoms with Gasteiger partial charge in [0.15, 0.2) is 0 Å². The van der Waals surface area contributed by atoms with Gasteiger partial charge in [0, 0.05) is 24.8 Å². The SMILES string of the molecule is COCCC1CC(C)(C)N(C)C(C)(C)C1. The van der Waals surface area contributed by atoms with Crippen molar-refractivity contribution in [1.29, 1.82) is 0 Å². The van der Waals surface area contributed by atoms with E-state index in [1.165, 1.54) is 19.3 Å². The number of hydrogen-bond donors (Lipinski definition) is 0. The number of methoxy groups -OCH3 is 1. The van der Waals surface area contributed by atoms with Gasteiger partial charge in [-0.05, 0) is 59.9 Å². The molecule has 0 unspecified atom stereocenters. The van der Waals surface area contributed by atoms with E-state index >= 15 is 0 Å². The number of ether oxygens (including phenoxy) is 1. The van der Waals surface area contributed by atoms with Gasteiger partial charge < -0.3 is 4.74 Å². The summed E-state index contributed by atoms with van der Waals surface area (Å²) in [5.41, 5.74) is 0.639. The zero-order chi connectivity index (χ0) is 11.7. The topological polar surface area (TPSA) is 12.5 Å². The monoisotopic (exact) mass is 213 g/mol. The lowest BCUT2D eigenvalue weighted by molar-refractivity contribution is -0.0357. The summed E-state index contributed by atoms with van der Waals surface area (Å²) >= 11 is 0. The molecule has 1 aliphatic rings. The molecule has 0 aromatic heterocycles. The van der Waals surface area contributed by atoms with Crippen molar-refractivity contribution in [2.45, 2.75) is 58.0 Å². The van der Waals surface area contributed by atoms with E-state index < -0.39 is 0 Å². The van der Waals surface area contributed by atoms with Gasteiger partial charge in [-0.25, -0.2) is 0 Å². The van der Waals surface area contributed by atoms with E-state index in [1.807, 2.05) is 0 Å². The molecular weight excluding hydrogens is 186 g/mol. The van der Waals surface area contributed by atoms with Gasteiger partial charge in [-0.3, -0.25) is 4.90 Å². The summed E-state index contributed by atoms with van der Waals surface area (Å²) in [6.07, 6.45) is 3.78. The molecule has 1 aliphatic heterocycles. The molecule has 2 heteroatoms. The molecule has 0 N–H and O–H groups in total. The minimum absolute atomic E-state index is 0.320. The van der Waals surface area contributed by atoms with Crippen molar-refractivity contribution in [3.8, 4) is 0 Å². The van der Waals surface area contributed by atoms with Gasteiger partial charge in [0.05, 0.1) is 0 Å². The van der Waals surface area contributed by atoms with Crippen LogP contribution in [0.1, 0.15) is 47.0 Å². The Kier molecular flexibility index (Phi) is 3.83. The van der Waals surface area contributed by atoms with Crippen molar-refractivity contribution >= 4 is 0 Å². The molecule has 0 amide bonds. The zero-order valence-electron chi connectivity index (χ0n) is 11.3. The highest BCUT2D eigenvalue weighted by atomic mass is 16.5. The fourth-order valence-electron chi connectivity index (χ4n) is 3.07. The van der Waals surface area contributed by atoms with Gasteiger partial charge in [0.1, 0.15) is 0 Å². The summed E-state index contributed by atoms with van der Waals surface area (Å²) in [6.45, 7) is 10.3. The third kappa shape index (κ3) is 2.94. The van der Waals surface area contributed by atoms with Crippen LogP contribution in [0.25, 0.3) is 0 Å². The van der Waals surface area contributed by atoms with Crippen LogP contribution in [0.3, 0.4) is 0 Å². The maximum Gasteiger partial charge on any atom is 0.0464 e. The molecule has 0 aliphatic carbocycles. The van der Waals surface area contributed by atoms with Crippen molar-refractivity contribution < 1.29 is 4.74 Å². The number of nitrogens with zero attached hydrogens (tertiary/aromatic N) is 1. The van der Waals surface area contributed by atoms with Crippen LogP contribution in [0.5, 0.6) is 0 Å². The quantitative estimate of drug-likeness (QED) is 0.714. The number of likely N-dealkylation sites (tertiary alicyclic amines) is 1. The standard InChI is InChI=1S/C13H27NO/c1-12(2)9-11(7-8-15-6)10-13(3,4)14(12)5/h11H,7-10H2,1-6H3. The molecule has 0 radical (unpaired) electrons. The summed E-state index contributed by atoms with van der Waals surface area (Å²) in [5, 5.41) is 0. The lowest BCUT2D eigenvalue weighted by atomic mass is 9.73. The summed E-state index contributed by atoms with van der Waals surface area (Å²) in [4.78, 5) is 2.53. The molecule has 0 atom stereocenters. The van der Waals surface area contributed by atoms with Crippen LogP contribution in [0, 0.1) is 5.92 Å². The lowest BCUT2D eigenvalue weighted by Gasteiger charge is -2.53. The highest BCUT2D eigenvalue weighted by molar-refractivity contribution is 4.98. The molecule has 2 nitrogen and oxygen atoms in total. The first kappa shape index (κ1) is 13.0. The number of rotatable bonds is 3. The van der Waals surface area contributed by atoms with Crippen molar-refractivity contribution in [2.75, 3.05) is 20.8 Å². The zero-order valence-corrected chi connectivity index (χ0v) is 11.3. The smallest absolute Gasteiger partial charge is 0.0464 e. The maximum absolute atomic E-state index is 5.19. The van der Waals surface area contributed by atoms with Gasteiger partial charge in [-0.15, -0.1) is 0 Å². The van der Waals surface area contributed by atoms with Gasteiger partial charge in [-0.2, -0.15) is 0 Å². The minimum Gasteiger partial charge on any atom is -0.385 e. The summed E-state index contributed by atoms with van der Waals surface area (Å²) in [5.74, 6) is 0.811. The molecule has 1 saturated heterocycles. The van der Waals surface area contributed by atoms with E-state index in [-0.39, 0.29) is 0 Å². The van der Waals surface area contributed by atoms with Crippen LogP contribution in [-0.4, -0.2) is 36.7 Å². The first-order chi connectivity index (χ1) is 6.79. The Morgan fingerprint density at radius 2 is 1.60 bits per heavy atom. The van der Waals surface area contributed by atoms with Gasteiger partial charge in [-0.1, -0.05) is 0 Å². The molecule has 1 rings (SSSR count). The van der Waals surface area contributed by atoms with Gasteiger partial charge in [0.2, 0.25) is 0 Å². The van der Waals surface area contributed by atoms with Crippen LogP contribution in [0.4, 0.5) is 0 Å². The second kappa shape index (κ2) is 4.42. The largest absolute Gasteiger partial charge is 0.385 e. The van der Waals surface area contributed by atoms with E-state index in [9.17, 15) is 0 Å². The molecule has 0 saturated carbocycles. The van der Waals surface area contributed by atoms with E-state index in [2.05, 4.69) is 39.6 Å². The molecular formula is C13H27NO. The molecule has 90 valence electrons. The minimum atomic E-state index is 0.320. The van der Waals surface area contributed by atoms with E-state index in [0.29, 0.717) is 11.1 Å². The van der Waals surface area contributed by atoms with Crippen LogP contribution >= 0.6 is 0 Å². The Labute approximate surface area is 95.0 Å². The van der Waals surface area contributed by atoms with Crippen molar-refractivity contribution in [1.82, 2.24) is 4.90 Å². The second-order valence-electron chi connectivity index (χ2n) is 6.24. The van der Waals surface area contributed by atoms with Crippen LogP contribution in [0.2, 0.25) is 0 Å². The van der Waals surface area contributed by atoms with Crippen molar-refractivity contribution in [2.24, 2.45) is 5.92 Å². The maximum atomic E-state index is 5.19. The van der Waals surface area contributed by atoms with Crippen molar-refractivity contribution in [3.05, 3.63) is 0 Å². The molecule has 15 heavy (non-hydrogen) atoms. The van der Waals surface area contributed by atoms with Crippen LogP contribution in [0.15, 0.2) is 0 Å². The van der Waals surface area contributed by atoms with Gasteiger partial charge >= 0.3 is 0 Å². The Morgan fingerprint density at radius 1 is 1.13 bits per heavy atom. The Hall–Kier alpha value is -0.0800. The first-order valence-electron chi connectivity index (χ1n) is 6.02. The first-order valence-corrected chi connectivity index (χ1v) is 6.02. The predicted molar refractivity (Wildman–Crippen MR) is 65.1 cm³/mol. The Morgan fingerprint density at radius 3 is 2.00 bits per heavy atom.